The summed E-state index contributed by atoms with van der Waals surface area (Å²) < 4.78 is 0. The van der Waals surface area contributed by atoms with Crippen molar-refractivity contribution in [3.05, 3.63) is 0 Å². The molecule has 2 rings (SSSR count). The van der Waals surface area contributed by atoms with Crippen LogP contribution in [0.25, 0.3) is 0 Å². The average molecular weight is 237 g/mol. The molecule has 0 amide bonds. The predicted molar refractivity (Wildman–Crippen MR) is 75.2 cm³/mol. The van der Waals surface area contributed by atoms with Crippen molar-refractivity contribution in [3.8, 4) is 0 Å². The maximum absolute atomic E-state index is 3.66. The fourth-order valence-corrected chi connectivity index (χ4v) is 4.21. The Bertz CT molecular complexity index is 212. The van der Waals surface area contributed by atoms with Crippen LogP contribution in [0.3, 0.4) is 0 Å². The Hall–Kier alpha value is -0.0400. The molecule has 0 aromatic rings. The first-order valence-electron chi connectivity index (χ1n) is 7.92. The van der Waals surface area contributed by atoms with E-state index in [-0.39, 0.29) is 0 Å². The molecule has 0 spiro atoms. The van der Waals surface area contributed by atoms with Crippen LogP contribution in [0.1, 0.15) is 77.6 Å². The Morgan fingerprint density at radius 1 is 1.00 bits per heavy atom. The fourth-order valence-electron chi connectivity index (χ4n) is 4.21. The van der Waals surface area contributed by atoms with Gasteiger partial charge in [0.05, 0.1) is 0 Å². The van der Waals surface area contributed by atoms with Crippen molar-refractivity contribution in [2.45, 2.75) is 83.6 Å². The van der Waals surface area contributed by atoms with E-state index < -0.39 is 0 Å². The predicted octanol–water partition coefficient (Wildman–Crippen LogP) is 4.52. The number of rotatable bonds is 4. The molecule has 2 fully saturated rings. The van der Waals surface area contributed by atoms with Crippen molar-refractivity contribution < 1.29 is 0 Å². The van der Waals surface area contributed by atoms with Crippen molar-refractivity contribution >= 4 is 0 Å². The highest BCUT2D eigenvalue weighted by molar-refractivity contribution is 4.90. The Morgan fingerprint density at radius 2 is 1.59 bits per heavy atom. The highest BCUT2D eigenvalue weighted by Gasteiger charge is 2.35. The van der Waals surface area contributed by atoms with E-state index >= 15 is 0 Å². The minimum Gasteiger partial charge on any atom is -0.316 e. The molecule has 0 aliphatic heterocycles. The molecular formula is C16H31N. The average Bonchev–Trinajstić information content (AvgIpc) is 2.38. The van der Waals surface area contributed by atoms with E-state index in [0.717, 1.165) is 12.0 Å². The third-order valence-electron chi connectivity index (χ3n) is 5.48. The molecule has 1 atom stereocenters. The highest BCUT2D eigenvalue weighted by Crippen LogP contribution is 2.42. The lowest BCUT2D eigenvalue weighted by Gasteiger charge is -2.42. The van der Waals surface area contributed by atoms with Gasteiger partial charge in [0.2, 0.25) is 0 Å². The lowest BCUT2D eigenvalue weighted by atomic mass is 9.67. The largest absolute Gasteiger partial charge is 0.316 e. The lowest BCUT2D eigenvalue weighted by Crippen LogP contribution is -2.44. The van der Waals surface area contributed by atoms with Crippen LogP contribution in [0.4, 0.5) is 0 Å². The molecule has 1 heteroatoms. The van der Waals surface area contributed by atoms with E-state index in [1.54, 1.807) is 0 Å². The second-order valence-electron chi connectivity index (χ2n) is 6.80. The van der Waals surface area contributed by atoms with Gasteiger partial charge in [-0.05, 0) is 37.6 Å². The number of nitrogens with one attached hydrogen (secondary N) is 1. The molecule has 0 saturated heterocycles. The molecule has 0 heterocycles. The van der Waals surface area contributed by atoms with E-state index in [0.29, 0.717) is 5.41 Å². The Balaban J connectivity index is 1.89. The zero-order chi connectivity index (χ0) is 12.1. The van der Waals surface area contributed by atoms with Gasteiger partial charge in [-0.1, -0.05) is 58.3 Å². The van der Waals surface area contributed by atoms with Crippen molar-refractivity contribution in [2.75, 3.05) is 7.05 Å². The van der Waals surface area contributed by atoms with Crippen LogP contribution >= 0.6 is 0 Å². The molecule has 0 aromatic heterocycles. The number of hydrogen-bond donors (Lipinski definition) is 1. The molecule has 0 bridgehead atoms. The first-order valence-corrected chi connectivity index (χ1v) is 7.92. The van der Waals surface area contributed by atoms with Crippen LogP contribution in [0.2, 0.25) is 0 Å². The van der Waals surface area contributed by atoms with Gasteiger partial charge in [0.25, 0.3) is 0 Å². The molecule has 1 nitrogen and oxygen atoms in total. The summed E-state index contributed by atoms with van der Waals surface area (Å²) in [6.07, 6.45) is 16.2. The van der Waals surface area contributed by atoms with Gasteiger partial charge in [0.1, 0.15) is 0 Å². The quantitative estimate of drug-likeness (QED) is 0.758. The van der Waals surface area contributed by atoms with Crippen LogP contribution < -0.4 is 5.32 Å². The SMILES string of the molecule is CNC(CC1CCCCC1)C1(C)CCCCC1. The maximum atomic E-state index is 3.66. The van der Waals surface area contributed by atoms with E-state index in [1.165, 1.54) is 70.6 Å². The summed E-state index contributed by atoms with van der Waals surface area (Å²) in [5.41, 5.74) is 0.588. The minimum absolute atomic E-state index is 0.588. The number of hydrogen-bond acceptors (Lipinski definition) is 1. The van der Waals surface area contributed by atoms with Gasteiger partial charge < -0.3 is 5.32 Å². The zero-order valence-corrected chi connectivity index (χ0v) is 11.9. The zero-order valence-electron chi connectivity index (χ0n) is 11.9. The molecule has 1 N–H and O–H groups in total. The third-order valence-corrected chi connectivity index (χ3v) is 5.48. The Kier molecular flexibility index (Phi) is 4.90. The van der Waals surface area contributed by atoms with E-state index in [4.69, 9.17) is 0 Å². The van der Waals surface area contributed by atoms with Gasteiger partial charge in [-0.15, -0.1) is 0 Å². The minimum atomic E-state index is 0.588. The third kappa shape index (κ3) is 3.47. The fraction of sp³-hybridized carbons (Fsp3) is 1.00. The Morgan fingerprint density at radius 3 is 2.18 bits per heavy atom. The highest BCUT2D eigenvalue weighted by atomic mass is 14.9. The van der Waals surface area contributed by atoms with E-state index in [2.05, 4.69) is 19.3 Å². The van der Waals surface area contributed by atoms with Gasteiger partial charge in [0.15, 0.2) is 0 Å². The second kappa shape index (κ2) is 6.22. The van der Waals surface area contributed by atoms with Gasteiger partial charge in [-0.2, -0.15) is 0 Å². The summed E-state index contributed by atoms with van der Waals surface area (Å²) in [6.45, 7) is 2.54. The van der Waals surface area contributed by atoms with Crippen LogP contribution in [0, 0.1) is 11.3 Å². The van der Waals surface area contributed by atoms with Crippen molar-refractivity contribution in [3.63, 3.8) is 0 Å². The summed E-state index contributed by atoms with van der Waals surface area (Å²) in [4.78, 5) is 0. The molecule has 17 heavy (non-hydrogen) atoms. The standard InChI is InChI=1S/C16H31N/c1-16(11-7-4-8-12-16)15(17-2)13-14-9-5-3-6-10-14/h14-15,17H,3-13H2,1-2H3. The molecule has 1 unspecified atom stereocenters. The van der Waals surface area contributed by atoms with Crippen molar-refractivity contribution in [1.82, 2.24) is 5.32 Å². The van der Waals surface area contributed by atoms with Gasteiger partial charge >= 0.3 is 0 Å². The first-order chi connectivity index (χ1) is 8.24. The van der Waals surface area contributed by atoms with Crippen LogP contribution in [0.5, 0.6) is 0 Å². The summed E-state index contributed by atoms with van der Waals surface area (Å²) in [5.74, 6) is 1.01. The summed E-state index contributed by atoms with van der Waals surface area (Å²) >= 11 is 0. The molecule has 100 valence electrons. The van der Waals surface area contributed by atoms with Gasteiger partial charge in [0, 0.05) is 6.04 Å². The molecule has 2 saturated carbocycles. The summed E-state index contributed by atoms with van der Waals surface area (Å²) in [7, 11) is 2.19. The monoisotopic (exact) mass is 237 g/mol. The van der Waals surface area contributed by atoms with Gasteiger partial charge in [-0.3, -0.25) is 0 Å². The summed E-state index contributed by atoms with van der Waals surface area (Å²) in [5, 5.41) is 3.66. The molecular weight excluding hydrogens is 206 g/mol. The smallest absolute Gasteiger partial charge is 0.0120 e. The van der Waals surface area contributed by atoms with Crippen molar-refractivity contribution in [1.29, 1.82) is 0 Å². The molecule has 0 radical (unpaired) electrons. The van der Waals surface area contributed by atoms with Crippen LogP contribution in [0.15, 0.2) is 0 Å². The normalized spacial score (nSPS) is 27.9. The van der Waals surface area contributed by atoms with Gasteiger partial charge in [-0.25, -0.2) is 0 Å². The first kappa shape index (κ1) is 13.4. The molecule has 2 aliphatic carbocycles. The molecule has 0 aromatic carbocycles. The Labute approximate surface area is 108 Å². The van der Waals surface area contributed by atoms with E-state index in [1.807, 2.05) is 0 Å². The topological polar surface area (TPSA) is 12.0 Å². The maximum Gasteiger partial charge on any atom is 0.0120 e. The second-order valence-corrected chi connectivity index (χ2v) is 6.80. The van der Waals surface area contributed by atoms with Crippen LogP contribution in [-0.4, -0.2) is 13.1 Å². The van der Waals surface area contributed by atoms with Crippen LogP contribution in [-0.2, 0) is 0 Å². The molecule has 2 aliphatic rings. The summed E-state index contributed by atoms with van der Waals surface area (Å²) in [6, 6.07) is 0.769. The van der Waals surface area contributed by atoms with E-state index in [9.17, 15) is 0 Å². The van der Waals surface area contributed by atoms with Crippen molar-refractivity contribution in [2.24, 2.45) is 11.3 Å². The lowest BCUT2D eigenvalue weighted by molar-refractivity contribution is 0.122.